The van der Waals surface area contributed by atoms with Gasteiger partial charge in [-0.25, -0.2) is 0 Å². The summed E-state index contributed by atoms with van der Waals surface area (Å²) in [5, 5.41) is 3.93. The number of nitrogens with zero attached hydrogens (tertiary/aromatic N) is 2. The van der Waals surface area contributed by atoms with Gasteiger partial charge in [0, 0.05) is 30.4 Å². The van der Waals surface area contributed by atoms with Crippen LogP contribution in [-0.4, -0.2) is 9.72 Å². The largest absolute Gasteiger partial charge is 0.367 e. The van der Waals surface area contributed by atoms with Gasteiger partial charge in [-0.3, -0.25) is 4.79 Å². The number of aromatic nitrogens is 2. The van der Waals surface area contributed by atoms with E-state index in [2.05, 4.69) is 5.16 Å². The molecule has 2 rings (SSSR count). The molecule has 2 aromatic rings. The fraction of sp³-hybridized carbons (Fsp3) is 0.333. The van der Waals surface area contributed by atoms with Crippen LogP contribution < -0.4 is 11.3 Å². The first-order valence-corrected chi connectivity index (χ1v) is 5.42. The van der Waals surface area contributed by atoms with Crippen molar-refractivity contribution in [2.24, 2.45) is 7.05 Å². The molecule has 0 aliphatic rings. The topological polar surface area (TPSA) is 74.0 Å². The van der Waals surface area contributed by atoms with Crippen molar-refractivity contribution in [1.82, 2.24) is 9.72 Å². The van der Waals surface area contributed by atoms with Gasteiger partial charge in [0.25, 0.3) is 5.56 Å². The Kier molecular flexibility index (Phi) is 2.75. The summed E-state index contributed by atoms with van der Waals surface area (Å²) in [5.41, 5.74) is 7.88. The molecule has 0 aliphatic carbocycles. The molecule has 0 radical (unpaired) electrons. The molecule has 2 heterocycles. The standard InChI is InChI=1S/C12H15N3O2/c1-7(2)10-11(14-17-12(10)13)8-4-5-15(3)9(16)6-8/h4-7H,13H2,1-3H3. The van der Waals surface area contributed by atoms with Crippen LogP contribution in [0.4, 0.5) is 5.88 Å². The van der Waals surface area contributed by atoms with Gasteiger partial charge in [0.2, 0.25) is 5.88 Å². The molecule has 0 spiro atoms. The maximum atomic E-state index is 11.6. The third-order valence-corrected chi connectivity index (χ3v) is 2.71. The average molecular weight is 233 g/mol. The Morgan fingerprint density at radius 3 is 2.76 bits per heavy atom. The first-order chi connectivity index (χ1) is 8.00. The summed E-state index contributed by atoms with van der Waals surface area (Å²) in [6.45, 7) is 4.01. The Balaban J connectivity index is 2.61. The molecule has 0 atom stereocenters. The van der Waals surface area contributed by atoms with Crippen LogP contribution in [0.5, 0.6) is 0 Å². The highest BCUT2D eigenvalue weighted by molar-refractivity contribution is 5.67. The number of rotatable bonds is 2. The summed E-state index contributed by atoms with van der Waals surface area (Å²) in [6, 6.07) is 3.35. The van der Waals surface area contributed by atoms with E-state index in [1.807, 2.05) is 19.9 Å². The molecule has 0 amide bonds. The van der Waals surface area contributed by atoms with Gasteiger partial charge in [-0.1, -0.05) is 19.0 Å². The van der Waals surface area contributed by atoms with E-state index in [1.54, 1.807) is 13.2 Å². The molecule has 2 N–H and O–H groups in total. The van der Waals surface area contributed by atoms with Crippen LogP contribution in [0.2, 0.25) is 0 Å². The van der Waals surface area contributed by atoms with Crippen molar-refractivity contribution in [1.29, 1.82) is 0 Å². The fourth-order valence-corrected chi connectivity index (χ4v) is 1.77. The predicted molar refractivity (Wildman–Crippen MR) is 65.7 cm³/mol. The minimum absolute atomic E-state index is 0.0845. The van der Waals surface area contributed by atoms with Gasteiger partial charge in [-0.15, -0.1) is 0 Å². The number of nitrogen functional groups attached to an aromatic ring is 1. The second-order valence-electron chi connectivity index (χ2n) is 4.33. The Morgan fingerprint density at radius 2 is 2.18 bits per heavy atom. The number of aryl methyl sites for hydroxylation is 1. The van der Waals surface area contributed by atoms with Gasteiger partial charge in [0.05, 0.1) is 0 Å². The smallest absolute Gasteiger partial charge is 0.250 e. The molecule has 0 bridgehead atoms. The van der Waals surface area contributed by atoms with Crippen molar-refractivity contribution in [3.63, 3.8) is 0 Å². The van der Waals surface area contributed by atoms with Crippen molar-refractivity contribution >= 4 is 5.88 Å². The SMILES string of the molecule is CC(C)c1c(-c2ccn(C)c(=O)c2)noc1N. The average Bonchev–Trinajstić information content (AvgIpc) is 2.64. The molecule has 90 valence electrons. The van der Waals surface area contributed by atoms with Crippen LogP contribution in [-0.2, 0) is 7.05 Å². The van der Waals surface area contributed by atoms with Crippen LogP contribution in [0.1, 0.15) is 25.3 Å². The van der Waals surface area contributed by atoms with Crippen LogP contribution in [0.25, 0.3) is 11.3 Å². The molecule has 5 nitrogen and oxygen atoms in total. The van der Waals surface area contributed by atoms with E-state index in [1.165, 1.54) is 10.6 Å². The molecular formula is C12H15N3O2. The van der Waals surface area contributed by atoms with E-state index >= 15 is 0 Å². The maximum Gasteiger partial charge on any atom is 0.250 e. The summed E-state index contributed by atoms with van der Waals surface area (Å²) < 4.78 is 6.50. The number of anilines is 1. The molecule has 0 saturated heterocycles. The predicted octanol–water partition coefficient (Wildman–Crippen LogP) is 1.75. The summed E-state index contributed by atoms with van der Waals surface area (Å²) >= 11 is 0. The Morgan fingerprint density at radius 1 is 1.47 bits per heavy atom. The third-order valence-electron chi connectivity index (χ3n) is 2.71. The second-order valence-corrected chi connectivity index (χ2v) is 4.33. The van der Waals surface area contributed by atoms with Gasteiger partial charge in [0.1, 0.15) is 5.69 Å². The lowest BCUT2D eigenvalue weighted by Gasteiger charge is -2.05. The molecule has 0 fully saturated rings. The van der Waals surface area contributed by atoms with Gasteiger partial charge >= 0.3 is 0 Å². The van der Waals surface area contributed by atoms with E-state index < -0.39 is 0 Å². The fourth-order valence-electron chi connectivity index (χ4n) is 1.77. The molecule has 0 unspecified atom stereocenters. The highest BCUT2D eigenvalue weighted by Gasteiger charge is 2.18. The molecular weight excluding hydrogens is 218 g/mol. The van der Waals surface area contributed by atoms with E-state index in [-0.39, 0.29) is 11.5 Å². The Hall–Kier alpha value is -2.04. The first kappa shape index (κ1) is 11.4. The molecule has 17 heavy (non-hydrogen) atoms. The van der Waals surface area contributed by atoms with Crippen LogP contribution >= 0.6 is 0 Å². The third kappa shape index (κ3) is 1.95. The number of hydrogen-bond donors (Lipinski definition) is 1. The zero-order chi connectivity index (χ0) is 12.6. The van der Waals surface area contributed by atoms with Crippen LogP contribution in [0.3, 0.4) is 0 Å². The summed E-state index contributed by atoms with van der Waals surface area (Å²) in [5.74, 6) is 0.510. The van der Waals surface area contributed by atoms with Crippen molar-refractivity contribution in [2.75, 3.05) is 5.73 Å². The molecule has 2 aromatic heterocycles. The number of pyridine rings is 1. The quantitative estimate of drug-likeness (QED) is 0.857. The lowest BCUT2D eigenvalue weighted by atomic mass is 9.99. The normalized spacial score (nSPS) is 11.1. The monoisotopic (exact) mass is 233 g/mol. The van der Waals surface area contributed by atoms with Crippen LogP contribution in [0, 0.1) is 0 Å². The summed E-state index contributed by atoms with van der Waals surface area (Å²) in [7, 11) is 1.70. The summed E-state index contributed by atoms with van der Waals surface area (Å²) in [4.78, 5) is 11.6. The van der Waals surface area contributed by atoms with E-state index in [9.17, 15) is 4.79 Å². The van der Waals surface area contributed by atoms with Gasteiger partial charge in [-0.2, -0.15) is 0 Å². The highest BCUT2D eigenvalue weighted by atomic mass is 16.5. The molecule has 5 heteroatoms. The van der Waals surface area contributed by atoms with Gasteiger partial charge in [-0.05, 0) is 12.0 Å². The highest BCUT2D eigenvalue weighted by Crippen LogP contribution is 2.32. The minimum atomic E-state index is -0.0845. The second kappa shape index (κ2) is 4.08. The van der Waals surface area contributed by atoms with Crippen molar-refractivity contribution < 1.29 is 4.52 Å². The summed E-state index contributed by atoms with van der Waals surface area (Å²) in [6.07, 6.45) is 1.70. The number of nitrogens with two attached hydrogens (primary N) is 1. The Labute approximate surface area is 98.8 Å². The van der Waals surface area contributed by atoms with E-state index in [0.29, 0.717) is 11.6 Å². The maximum absolute atomic E-state index is 11.6. The van der Waals surface area contributed by atoms with Crippen molar-refractivity contribution in [2.45, 2.75) is 19.8 Å². The molecule has 0 saturated carbocycles. The number of hydrogen-bond acceptors (Lipinski definition) is 4. The minimum Gasteiger partial charge on any atom is -0.367 e. The zero-order valence-corrected chi connectivity index (χ0v) is 10.1. The zero-order valence-electron chi connectivity index (χ0n) is 10.1. The first-order valence-electron chi connectivity index (χ1n) is 5.42. The lowest BCUT2D eigenvalue weighted by molar-refractivity contribution is 0.438. The Bertz CT molecular complexity index is 596. The van der Waals surface area contributed by atoms with Gasteiger partial charge in [0.15, 0.2) is 0 Å². The lowest BCUT2D eigenvalue weighted by Crippen LogP contribution is -2.14. The molecule has 0 aromatic carbocycles. The van der Waals surface area contributed by atoms with Crippen molar-refractivity contribution in [3.8, 4) is 11.3 Å². The van der Waals surface area contributed by atoms with Crippen molar-refractivity contribution in [3.05, 3.63) is 34.2 Å². The van der Waals surface area contributed by atoms with Crippen LogP contribution in [0.15, 0.2) is 27.6 Å². The molecule has 0 aliphatic heterocycles. The van der Waals surface area contributed by atoms with E-state index in [0.717, 1.165) is 11.1 Å². The van der Waals surface area contributed by atoms with E-state index in [4.69, 9.17) is 10.3 Å². The van der Waals surface area contributed by atoms with Gasteiger partial charge < -0.3 is 14.8 Å².